The first kappa shape index (κ1) is 16.5. The number of benzene rings is 1. The van der Waals surface area contributed by atoms with E-state index in [1.54, 1.807) is 0 Å². The van der Waals surface area contributed by atoms with Crippen LogP contribution >= 0.6 is 0 Å². The van der Waals surface area contributed by atoms with Crippen molar-refractivity contribution in [2.75, 3.05) is 6.61 Å². The SMILES string of the molecule is CCOC(=O)CC(C)c1ccc(OC(C)CC)cc1C. The van der Waals surface area contributed by atoms with Crippen molar-refractivity contribution in [1.29, 1.82) is 0 Å². The van der Waals surface area contributed by atoms with E-state index < -0.39 is 0 Å². The van der Waals surface area contributed by atoms with E-state index in [-0.39, 0.29) is 18.0 Å². The molecule has 0 saturated carbocycles. The maximum absolute atomic E-state index is 11.5. The van der Waals surface area contributed by atoms with Crippen LogP contribution in [0, 0.1) is 6.92 Å². The molecule has 0 aliphatic carbocycles. The van der Waals surface area contributed by atoms with Crippen molar-refractivity contribution in [2.45, 2.75) is 59.5 Å². The van der Waals surface area contributed by atoms with Gasteiger partial charge in [0.15, 0.2) is 0 Å². The van der Waals surface area contributed by atoms with E-state index in [0.717, 1.165) is 17.7 Å². The molecule has 0 aromatic heterocycles. The average molecular weight is 278 g/mol. The Hall–Kier alpha value is -1.51. The van der Waals surface area contributed by atoms with Crippen LogP contribution in [-0.2, 0) is 9.53 Å². The molecule has 0 radical (unpaired) electrons. The number of esters is 1. The molecule has 2 unspecified atom stereocenters. The summed E-state index contributed by atoms with van der Waals surface area (Å²) in [6.45, 7) is 10.5. The van der Waals surface area contributed by atoms with Crippen LogP contribution in [0.2, 0.25) is 0 Å². The third-order valence-corrected chi connectivity index (χ3v) is 3.46. The van der Waals surface area contributed by atoms with Crippen LogP contribution in [0.3, 0.4) is 0 Å². The van der Waals surface area contributed by atoms with Crippen molar-refractivity contribution in [1.82, 2.24) is 0 Å². The number of hydrogen-bond donors (Lipinski definition) is 0. The summed E-state index contributed by atoms with van der Waals surface area (Å²) in [4.78, 5) is 11.5. The van der Waals surface area contributed by atoms with Crippen molar-refractivity contribution >= 4 is 5.97 Å². The molecule has 0 aliphatic rings. The van der Waals surface area contributed by atoms with E-state index >= 15 is 0 Å². The molecule has 0 saturated heterocycles. The molecule has 3 heteroatoms. The van der Waals surface area contributed by atoms with Crippen molar-refractivity contribution < 1.29 is 14.3 Å². The van der Waals surface area contributed by atoms with Crippen LogP contribution in [0.15, 0.2) is 18.2 Å². The topological polar surface area (TPSA) is 35.5 Å². The van der Waals surface area contributed by atoms with Crippen molar-refractivity contribution in [3.05, 3.63) is 29.3 Å². The first-order valence-corrected chi connectivity index (χ1v) is 7.40. The molecule has 1 rings (SSSR count). The smallest absolute Gasteiger partial charge is 0.306 e. The fourth-order valence-corrected chi connectivity index (χ4v) is 2.17. The van der Waals surface area contributed by atoms with Gasteiger partial charge in [-0.25, -0.2) is 0 Å². The van der Waals surface area contributed by atoms with Crippen LogP contribution in [0.1, 0.15) is 57.6 Å². The molecule has 0 N–H and O–H groups in total. The molecular weight excluding hydrogens is 252 g/mol. The lowest BCUT2D eigenvalue weighted by molar-refractivity contribution is -0.143. The summed E-state index contributed by atoms with van der Waals surface area (Å²) >= 11 is 0. The second-order valence-electron chi connectivity index (χ2n) is 5.27. The highest BCUT2D eigenvalue weighted by atomic mass is 16.5. The number of carbonyl (C=O) groups is 1. The minimum Gasteiger partial charge on any atom is -0.491 e. The molecule has 1 aromatic carbocycles. The van der Waals surface area contributed by atoms with Gasteiger partial charge in [0.1, 0.15) is 5.75 Å². The predicted octanol–water partition coefficient (Wildman–Crippen LogP) is 4.23. The lowest BCUT2D eigenvalue weighted by Crippen LogP contribution is -2.11. The van der Waals surface area contributed by atoms with Gasteiger partial charge in [0.2, 0.25) is 0 Å². The van der Waals surface area contributed by atoms with Crippen LogP contribution in [0.4, 0.5) is 0 Å². The zero-order chi connectivity index (χ0) is 15.1. The van der Waals surface area contributed by atoms with E-state index in [9.17, 15) is 4.79 Å². The van der Waals surface area contributed by atoms with E-state index in [4.69, 9.17) is 9.47 Å². The molecule has 112 valence electrons. The lowest BCUT2D eigenvalue weighted by Gasteiger charge is -2.17. The van der Waals surface area contributed by atoms with Gasteiger partial charge in [-0.1, -0.05) is 19.9 Å². The number of carbonyl (C=O) groups excluding carboxylic acids is 1. The fourth-order valence-electron chi connectivity index (χ4n) is 2.17. The van der Waals surface area contributed by atoms with Crippen molar-refractivity contribution in [2.24, 2.45) is 0 Å². The van der Waals surface area contributed by atoms with Crippen LogP contribution in [-0.4, -0.2) is 18.7 Å². The summed E-state index contributed by atoms with van der Waals surface area (Å²) < 4.78 is 10.8. The van der Waals surface area contributed by atoms with Crippen LogP contribution in [0.25, 0.3) is 0 Å². The van der Waals surface area contributed by atoms with E-state index in [1.165, 1.54) is 5.56 Å². The monoisotopic (exact) mass is 278 g/mol. The third-order valence-electron chi connectivity index (χ3n) is 3.46. The van der Waals surface area contributed by atoms with E-state index in [2.05, 4.69) is 33.8 Å². The molecule has 0 fully saturated rings. The molecule has 0 aliphatic heterocycles. The van der Waals surface area contributed by atoms with Gasteiger partial charge in [-0.05, 0) is 56.4 Å². The largest absolute Gasteiger partial charge is 0.491 e. The Morgan fingerprint density at radius 3 is 2.50 bits per heavy atom. The molecule has 0 bridgehead atoms. The molecule has 2 atom stereocenters. The Morgan fingerprint density at radius 2 is 1.95 bits per heavy atom. The van der Waals surface area contributed by atoms with Gasteiger partial charge in [-0.2, -0.15) is 0 Å². The summed E-state index contributed by atoms with van der Waals surface area (Å²) in [6.07, 6.45) is 1.62. The molecule has 1 aromatic rings. The number of ether oxygens (including phenoxy) is 2. The minimum absolute atomic E-state index is 0.140. The number of aryl methyl sites for hydroxylation is 1. The Balaban J connectivity index is 2.74. The Kier molecular flexibility index (Phi) is 6.56. The second kappa shape index (κ2) is 7.93. The van der Waals surface area contributed by atoms with Crippen LogP contribution in [0.5, 0.6) is 5.75 Å². The molecule has 0 amide bonds. The molecule has 0 spiro atoms. The lowest BCUT2D eigenvalue weighted by atomic mass is 9.93. The van der Waals surface area contributed by atoms with Gasteiger partial charge >= 0.3 is 5.97 Å². The molecular formula is C17H26O3. The zero-order valence-electron chi connectivity index (χ0n) is 13.2. The highest BCUT2D eigenvalue weighted by Gasteiger charge is 2.14. The Morgan fingerprint density at radius 1 is 1.25 bits per heavy atom. The fraction of sp³-hybridized carbons (Fsp3) is 0.588. The normalized spacial score (nSPS) is 13.7. The molecule has 20 heavy (non-hydrogen) atoms. The summed E-state index contributed by atoms with van der Waals surface area (Å²) in [7, 11) is 0. The maximum Gasteiger partial charge on any atom is 0.306 e. The van der Waals surface area contributed by atoms with Gasteiger partial charge in [0.25, 0.3) is 0 Å². The van der Waals surface area contributed by atoms with E-state index in [0.29, 0.717) is 13.0 Å². The standard InChI is InChI=1S/C17H26O3/c1-6-14(5)20-15-8-9-16(12(3)10-15)13(4)11-17(18)19-7-2/h8-10,13-14H,6-7,11H2,1-5H3. The summed E-state index contributed by atoms with van der Waals surface area (Å²) in [6, 6.07) is 6.08. The zero-order valence-corrected chi connectivity index (χ0v) is 13.2. The highest BCUT2D eigenvalue weighted by molar-refractivity contribution is 5.70. The van der Waals surface area contributed by atoms with Gasteiger partial charge in [-0.15, -0.1) is 0 Å². The summed E-state index contributed by atoms with van der Waals surface area (Å²) in [5.41, 5.74) is 2.33. The average Bonchev–Trinajstić information content (AvgIpc) is 2.38. The van der Waals surface area contributed by atoms with Gasteiger partial charge < -0.3 is 9.47 Å². The Labute approximate surface area is 122 Å². The second-order valence-corrected chi connectivity index (χ2v) is 5.27. The van der Waals surface area contributed by atoms with Gasteiger partial charge in [-0.3, -0.25) is 4.79 Å². The highest BCUT2D eigenvalue weighted by Crippen LogP contribution is 2.27. The first-order valence-electron chi connectivity index (χ1n) is 7.40. The van der Waals surface area contributed by atoms with Crippen molar-refractivity contribution in [3.8, 4) is 5.75 Å². The predicted molar refractivity (Wildman–Crippen MR) is 81.2 cm³/mol. The van der Waals surface area contributed by atoms with Gasteiger partial charge in [0, 0.05) is 0 Å². The molecule has 3 nitrogen and oxygen atoms in total. The van der Waals surface area contributed by atoms with Crippen LogP contribution < -0.4 is 4.74 Å². The minimum atomic E-state index is -0.140. The molecule has 0 heterocycles. The summed E-state index contributed by atoms with van der Waals surface area (Å²) in [5.74, 6) is 0.912. The quantitative estimate of drug-likeness (QED) is 0.700. The Bertz CT molecular complexity index is 440. The summed E-state index contributed by atoms with van der Waals surface area (Å²) in [5, 5.41) is 0. The number of hydrogen-bond acceptors (Lipinski definition) is 3. The van der Waals surface area contributed by atoms with E-state index in [1.807, 2.05) is 19.1 Å². The van der Waals surface area contributed by atoms with Gasteiger partial charge in [0.05, 0.1) is 19.1 Å². The number of rotatable bonds is 7. The third kappa shape index (κ3) is 4.87. The maximum atomic E-state index is 11.5. The first-order chi connectivity index (χ1) is 9.47. The van der Waals surface area contributed by atoms with Crippen molar-refractivity contribution in [3.63, 3.8) is 0 Å².